The first kappa shape index (κ1) is 10.5. The van der Waals surface area contributed by atoms with Gasteiger partial charge in [-0.3, -0.25) is 4.57 Å². The molecule has 0 fully saturated rings. The van der Waals surface area contributed by atoms with Gasteiger partial charge in [0.15, 0.2) is 17.2 Å². The molecule has 2 rings (SSSR count). The average molecular weight is 322 g/mol. The van der Waals surface area contributed by atoms with Gasteiger partial charge in [0.05, 0.1) is 3.57 Å². The first-order valence-corrected chi connectivity index (χ1v) is 5.19. The highest BCUT2D eigenvalue weighted by molar-refractivity contribution is 14.1. The molecule has 7 heteroatoms. The quantitative estimate of drug-likeness (QED) is 0.731. The van der Waals surface area contributed by atoms with Gasteiger partial charge in [0, 0.05) is 6.20 Å². The molecule has 0 atom stereocenters. The van der Waals surface area contributed by atoms with Crippen LogP contribution in [0.4, 0.5) is 0 Å². The Hall–Kier alpha value is -2.00. The summed E-state index contributed by atoms with van der Waals surface area (Å²) in [6, 6.07) is 3.79. The van der Waals surface area contributed by atoms with Gasteiger partial charge in [0.1, 0.15) is 24.8 Å². The van der Waals surface area contributed by atoms with Crippen molar-refractivity contribution in [1.82, 2.24) is 19.5 Å². The Morgan fingerprint density at radius 1 is 1.25 bits per heavy atom. The summed E-state index contributed by atoms with van der Waals surface area (Å²) in [5, 5.41) is 17.7. The number of rotatable bonds is 1. The topological polar surface area (TPSA) is 91.2 Å². The molecule has 0 N–H and O–H groups in total. The molecule has 6 nitrogen and oxygen atoms in total. The van der Waals surface area contributed by atoms with Crippen LogP contribution in [0.2, 0.25) is 0 Å². The third-order valence-corrected chi connectivity index (χ3v) is 2.62. The summed E-state index contributed by atoms with van der Waals surface area (Å²) in [6.45, 7) is 0. The van der Waals surface area contributed by atoms with Crippen molar-refractivity contribution in [2.75, 3.05) is 0 Å². The van der Waals surface area contributed by atoms with Crippen LogP contribution in [-0.2, 0) is 0 Å². The third kappa shape index (κ3) is 1.61. The lowest BCUT2D eigenvalue weighted by Gasteiger charge is -2.03. The maximum Gasteiger partial charge on any atom is 0.177 e. The molecule has 2 aromatic heterocycles. The van der Waals surface area contributed by atoms with Crippen LogP contribution in [0.5, 0.6) is 0 Å². The molecule has 16 heavy (non-hydrogen) atoms. The fourth-order valence-corrected chi connectivity index (χ4v) is 1.74. The summed E-state index contributed by atoms with van der Waals surface area (Å²) in [5.41, 5.74) is 0.274. The van der Waals surface area contributed by atoms with Crippen molar-refractivity contribution >= 4 is 22.6 Å². The molecular formula is C9H3IN6. The van der Waals surface area contributed by atoms with Crippen molar-refractivity contribution in [1.29, 1.82) is 10.5 Å². The zero-order valence-electron chi connectivity index (χ0n) is 7.79. The second-order valence-electron chi connectivity index (χ2n) is 2.73. The minimum Gasteiger partial charge on any atom is -0.272 e. The number of imidazole rings is 1. The summed E-state index contributed by atoms with van der Waals surface area (Å²) in [7, 11) is 0. The number of nitrogens with zero attached hydrogens (tertiary/aromatic N) is 6. The Morgan fingerprint density at radius 2 is 2.06 bits per heavy atom. The highest BCUT2D eigenvalue weighted by atomic mass is 127. The van der Waals surface area contributed by atoms with Gasteiger partial charge in [0.2, 0.25) is 0 Å². The zero-order valence-corrected chi connectivity index (χ0v) is 9.95. The maximum atomic E-state index is 8.96. The number of halogens is 1. The lowest BCUT2D eigenvalue weighted by Crippen LogP contribution is -2.02. The predicted octanol–water partition coefficient (Wildman–Crippen LogP) is 1.01. The third-order valence-electron chi connectivity index (χ3n) is 1.86. The number of hydrogen-bond donors (Lipinski definition) is 0. The van der Waals surface area contributed by atoms with Gasteiger partial charge < -0.3 is 0 Å². The Morgan fingerprint density at radius 3 is 2.69 bits per heavy atom. The molecule has 0 spiro atoms. The average Bonchev–Trinajstić information content (AvgIpc) is 2.72. The van der Waals surface area contributed by atoms with E-state index in [4.69, 9.17) is 10.5 Å². The summed E-state index contributed by atoms with van der Waals surface area (Å²) < 4.78 is 2.25. The van der Waals surface area contributed by atoms with Gasteiger partial charge in [-0.05, 0) is 22.6 Å². The molecule has 0 unspecified atom stereocenters. The van der Waals surface area contributed by atoms with E-state index in [9.17, 15) is 0 Å². The van der Waals surface area contributed by atoms with E-state index in [1.807, 2.05) is 12.1 Å². The molecule has 76 valence electrons. The first-order valence-electron chi connectivity index (χ1n) is 4.11. The highest BCUT2D eigenvalue weighted by Crippen LogP contribution is 2.16. The fourth-order valence-electron chi connectivity index (χ4n) is 1.18. The number of aromatic nitrogens is 4. The van der Waals surface area contributed by atoms with Gasteiger partial charge in [0.25, 0.3) is 0 Å². The highest BCUT2D eigenvalue weighted by Gasteiger charge is 2.14. The smallest absolute Gasteiger partial charge is 0.177 e. The first-order chi connectivity index (χ1) is 7.77. The minimum atomic E-state index is 0.0944. The minimum absolute atomic E-state index is 0.0944. The lowest BCUT2D eigenvalue weighted by molar-refractivity contribution is 0.945. The van der Waals surface area contributed by atoms with E-state index in [0.29, 0.717) is 5.82 Å². The molecule has 2 heterocycles. The summed E-state index contributed by atoms with van der Waals surface area (Å²) in [6.07, 6.45) is 4.41. The Labute approximate surface area is 104 Å². The van der Waals surface area contributed by atoms with Crippen LogP contribution in [0.25, 0.3) is 5.82 Å². The van der Waals surface area contributed by atoms with Gasteiger partial charge in [-0.25, -0.2) is 15.0 Å². The van der Waals surface area contributed by atoms with Crippen molar-refractivity contribution in [3.05, 3.63) is 33.8 Å². The fraction of sp³-hybridized carbons (Fsp3) is 0. The van der Waals surface area contributed by atoms with Crippen LogP contribution >= 0.6 is 22.6 Å². The van der Waals surface area contributed by atoms with Crippen LogP contribution in [-0.4, -0.2) is 19.5 Å². The molecule has 0 saturated heterocycles. The molecule has 0 saturated carbocycles. The predicted molar refractivity (Wildman–Crippen MR) is 61.3 cm³/mol. The van der Waals surface area contributed by atoms with Crippen LogP contribution in [0.15, 0.2) is 18.9 Å². The van der Waals surface area contributed by atoms with Gasteiger partial charge >= 0.3 is 0 Å². The van der Waals surface area contributed by atoms with E-state index >= 15 is 0 Å². The van der Waals surface area contributed by atoms with Crippen LogP contribution in [0.3, 0.4) is 0 Å². The molecule has 0 aliphatic heterocycles. The normalized spacial score (nSPS) is 9.44. The largest absolute Gasteiger partial charge is 0.272 e. The van der Waals surface area contributed by atoms with E-state index in [-0.39, 0.29) is 11.4 Å². The molecule has 0 aromatic carbocycles. The number of hydrogen-bond acceptors (Lipinski definition) is 5. The van der Waals surface area contributed by atoms with E-state index < -0.39 is 0 Å². The van der Waals surface area contributed by atoms with Gasteiger partial charge in [-0.15, -0.1) is 0 Å². The molecular weight excluding hydrogens is 319 g/mol. The van der Waals surface area contributed by atoms with Crippen LogP contribution < -0.4 is 0 Å². The number of nitriles is 2. The van der Waals surface area contributed by atoms with Crippen molar-refractivity contribution in [2.24, 2.45) is 0 Å². The Bertz CT molecular complexity index is 618. The Kier molecular flexibility index (Phi) is 2.79. The lowest BCUT2D eigenvalue weighted by atomic mass is 10.3. The Balaban J connectivity index is 2.68. The molecule has 0 aliphatic carbocycles. The SMILES string of the molecule is N#Cc1ncn(-c2ncncc2I)c1C#N. The second-order valence-corrected chi connectivity index (χ2v) is 3.89. The van der Waals surface area contributed by atoms with E-state index in [1.165, 1.54) is 17.2 Å². The van der Waals surface area contributed by atoms with E-state index in [2.05, 4.69) is 37.5 Å². The molecule has 0 amide bonds. The summed E-state index contributed by atoms with van der Waals surface area (Å²) in [5.74, 6) is 0.543. The zero-order chi connectivity index (χ0) is 11.5. The van der Waals surface area contributed by atoms with Crippen molar-refractivity contribution in [3.8, 4) is 18.0 Å². The monoisotopic (exact) mass is 322 g/mol. The molecule has 2 aromatic rings. The summed E-state index contributed by atoms with van der Waals surface area (Å²) in [4.78, 5) is 11.7. The van der Waals surface area contributed by atoms with Crippen LogP contribution in [0, 0.1) is 26.2 Å². The molecule has 0 bridgehead atoms. The van der Waals surface area contributed by atoms with Crippen LogP contribution in [0.1, 0.15) is 11.4 Å². The molecule has 0 aliphatic rings. The summed E-state index contributed by atoms with van der Waals surface area (Å²) >= 11 is 2.05. The van der Waals surface area contributed by atoms with Crippen molar-refractivity contribution in [3.63, 3.8) is 0 Å². The standard InChI is InChI=1S/C9H3IN6/c10-6-3-13-4-14-9(6)16-5-15-7(1-11)8(16)2-12/h3-5H. The van der Waals surface area contributed by atoms with Crippen molar-refractivity contribution in [2.45, 2.75) is 0 Å². The maximum absolute atomic E-state index is 8.96. The van der Waals surface area contributed by atoms with E-state index in [1.54, 1.807) is 6.20 Å². The molecule has 0 radical (unpaired) electrons. The van der Waals surface area contributed by atoms with E-state index in [0.717, 1.165) is 3.57 Å². The van der Waals surface area contributed by atoms with Gasteiger partial charge in [-0.2, -0.15) is 10.5 Å². The van der Waals surface area contributed by atoms with Gasteiger partial charge in [-0.1, -0.05) is 0 Å². The second kappa shape index (κ2) is 4.24. The van der Waals surface area contributed by atoms with Crippen molar-refractivity contribution < 1.29 is 0 Å².